The Morgan fingerprint density at radius 3 is 2.75 bits per heavy atom. The predicted molar refractivity (Wildman–Crippen MR) is 52.1 cm³/mol. The summed E-state index contributed by atoms with van der Waals surface area (Å²) >= 11 is 5.70. The predicted octanol–water partition coefficient (Wildman–Crippen LogP) is 1.58. The third kappa shape index (κ3) is 2.02. The minimum atomic E-state index is -0.484. The lowest BCUT2D eigenvalue weighted by atomic mass is 9.87. The number of aliphatic hydroxyl groups is 1. The van der Waals surface area contributed by atoms with Crippen molar-refractivity contribution in [3.8, 4) is 0 Å². The Morgan fingerprint density at radius 1 is 1.58 bits per heavy atom. The van der Waals surface area contributed by atoms with Crippen LogP contribution in [0.4, 0.5) is 0 Å². The number of aliphatic hydroxyl groups excluding tert-OH is 1. The summed E-state index contributed by atoms with van der Waals surface area (Å²) < 4.78 is 0. The van der Waals surface area contributed by atoms with Crippen LogP contribution in [0.1, 0.15) is 25.0 Å². The molecule has 0 fully saturated rings. The molecule has 1 nitrogen and oxygen atoms in total. The average Bonchev–Trinajstić information content (AvgIpc) is 2.03. The quantitative estimate of drug-likeness (QED) is 0.685. The van der Waals surface area contributed by atoms with Gasteiger partial charge in [-0.15, -0.1) is 0 Å². The first-order chi connectivity index (χ1) is 5.65. The van der Waals surface area contributed by atoms with Crippen molar-refractivity contribution < 1.29 is 5.11 Å². The molecule has 1 aromatic rings. The summed E-state index contributed by atoms with van der Waals surface area (Å²) in [6, 6.07) is 5.13. The average molecular weight is 180 g/mol. The zero-order valence-corrected chi connectivity index (χ0v) is 7.67. The third-order valence-electron chi connectivity index (χ3n) is 1.79. The maximum Gasteiger partial charge on any atom is 0.114 e. The van der Waals surface area contributed by atoms with E-state index in [0.717, 1.165) is 5.56 Å². The SMILES string of the molecule is [B]c1cc(Cl)ccc1[C@H](O)CC. The molecule has 2 radical (unpaired) electrons. The second kappa shape index (κ2) is 3.97. The van der Waals surface area contributed by atoms with Crippen molar-refractivity contribution in [2.24, 2.45) is 0 Å². The van der Waals surface area contributed by atoms with Crippen molar-refractivity contribution in [2.45, 2.75) is 19.4 Å². The van der Waals surface area contributed by atoms with E-state index in [0.29, 0.717) is 16.9 Å². The monoisotopic (exact) mass is 180 g/mol. The van der Waals surface area contributed by atoms with Crippen molar-refractivity contribution in [2.75, 3.05) is 0 Å². The normalized spacial score (nSPS) is 12.9. The molecule has 0 bridgehead atoms. The Morgan fingerprint density at radius 2 is 2.25 bits per heavy atom. The zero-order valence-electron chi connectivity index (χ0n) is 6.92. The first-order valence-electron chi connectivity index (χ1n) is 3.88. The molecule has 12 heavy (non-hydrogen) atoms. The summed E-state index contributed by atoms with van der Waals surface area (Å²) in [6.45, 7) is 1.90. The van der Waals surface area contributed by atoms with E-state index >= 15 is 0 Å². The maximum absolute atomic E-state index is 9.48. The summed E-state index contributed by atoms with van der Waals surface area (Å²) in [7, 11) is 5.65. The van der Waals surface area contributed by atoms with Crippen LogP contribution in [0.15, 0.2) is 18.2 Å². The van der Waals surface area contributed by atoms with Crippen molar-refractivity contribution in [3.63, 3.8) is 0 Å². The van der Waals surface area contributed by atoms with Gasteiger partial charge in [0.1, 0.15) is 7.85 Å². The second-order valence-corrected chi connectivity index (χ2v) is 3.13. The Hall–Kier alpha value is -0.465. The van der Waals surface area contributed by atoms with Gasteiger partial charge in [0.05, 0.1) is 6.10 Å². The fourth-order valence-electron chi connectivity index (χ4n) is 1.07. The van der Waals surface area contributed by atoms with E-state index in [2.05, 4.69) is 0 Å². The lowest BCUT2D eigenvalue weighted by Crippen LogP contribution is -2.13. The van der Waals surface area contributed by atoms with Crippen molar-refractivity contribution >= 4 is 24.9 Å². The van der Waals surface area contributed by atoms with Crippen LogP contribution in [0, 0.1) is 0 Å². The molecule has 0 spiro atoms. The van der Waals surface area contributed by atoms with Crippen LogP contribution >= 0.6 is 11.6 Å². The Balaban J connectivity index is 3.01. The molecule has 0 aromatic heterocycles. The van der Waals surface area contributed by atoms with Crippen LogP contribution in [0.25, 0.3) is 0 Å². The van der Waals surface area contributed by atoms with E-state index in [9.17, 15) is 5.11 Å². The topological polar surface area (TPSA) is 20.2 Å². The molecule has 1 N–H and O–H groups in total. The highest BCUT2D eigenvalue weighted by molar-refractivity contribution is 6.36. The van der Waals surface area contributed by atoms with Gasteiger partial charge in [0.2, 0.25) is 0 Å². The molecule has 1 aromatic carbocycles. The number of benzene rings is 1. The third-order valence-corrected chi connectivity index (χ3v) is 2.03. The number of hydrogen-bond acceptors (Lipinski definition) is 1. The van der Waals surface area contributed by atoms with Crippen molar-refractivity contribution in [1.82, 2.24) is 0 Å². The molecule has 1 atom stereocenters. The molecule has 0 saturated heterocycles. The molecule has 0 unspecified atom stereocenters. The first-order valence-corrected chi connectivity index (χ1v) is 4.26. The van der Waals surface area contributed by atoms with Crippen molar-refractivity contribution in [3.05, 3.63) is 28.8 Å². The van der Waals surface area contributed by atoms with Gasteiger partial charge in [-0.25, -0.2) is 0 Å². The van der Waals surface area contributed by atoms with Gasteiger partial charge in [0.25, 0.3) is 0 Å². The molecule has 62 valence electrons. The molecule has 1 rings (SSSR count). The summed E-state index contributed by atoms with van der Waals surface area (Å²) in [5.41, 5.74) is 1.30. The highest BCUT2D eigenvalue weighted by atomic mass is 35.5. The van der Waals surface area contributed by atoms with Gasteiger partial charge >= 0.3 is 0 Å². The van der Waals surface area contributed by atoms with Crippen LogP contribution < -0.4 is 5.46 Å². The first kappa shape index (κ1) is 9.62. The van der Waals surface area contributed by atoms with Gasteiger partial charge in [-0.2, -0.15) is 0 Å². The molecule has 0 heterocycles. The van der Waals surface area contributed by atoms with E-state index in [4.69, 9.17) is 19.4 Å². The Labute approximate surface area is 78.8 Å². The van der Waals surface area contributed by atoms with Crippen LogP contribution in [-0.4, -0.2) is 13.0 Å². The largest absolute Gasteiger partial charge is 0.388 e. The molecular formula is C9H10BClO. The van der Waals surface area contributed by atoms with Gasteiger partial charge < -0.3 is 5.11 Å². The molecule has 0 saturated carbocycles. The van der Waals surface area contributed by atoms with Gasteiger partial charge in [-0.1, -0.05) is 36.1 Å². The Bertz CT molecular complexity index is 275. The zero-order chi connectivity index (χ0) is 9.14. The maximum atomic E-state index is 9.48. The van der Waals surface area contributed by atoms with Crippen LogP contribution in [0.5, 0.6) is 0 Å². The lowest BCUT2D eigenvalue weighted by Gasteiger charge is -2.11. The van der Waals surface area contributed by atoms with Gasteiger partial charge in [-0.3, -0.25) is 0 Å². The fourth-order valence-corrected chi connectivity index (χ4v) is 1.25. The van der Waals surface area contributed by atoms with Crippen LogP contribution in [0.2, 0.25) is 5.02 Å². The standard InChI is InChI=1S/C9H10BClO/c1-2-9(12)7-4-3-6(11)5-8(7)10/h3-5,9,12H,2H2,1H3/t9-/m1/s1. The Kier molecular flexibility index (Phi) is 3.18. The summed E-state index contributed by atoms with van der Waals surface area (Å²) in [5.74, 6) is 0. The van der Waals surface area contributed by atoms with E-state index < -0.39 is 6.10 Å². The minimum absolute atomic E-state index is 0.484. The van der Waals surface area contributed by atoms with Crippen LogP contribution in [0.3, 0.4) is 0 Å². The molecule has 0 aliphatic carbocycles. The number of halogens is 1. The molecular weight excluding hydrogens is 170 g/mol. The highest BCUT2D eigenvalue weighted by Crippen LogP contribution is 2.16. The lowest BCUT2D eigenvalue weighted by molar-refractivity contribution is 0.175. The van der Waals surface area contributed by atoms with Crippen LogP contribution in [-0.2, 0) is 0 Å². The molecule has 0 amide bonds. The van der Waals surface area contributed by atoms with E-state index in [1.54, 1.807) is 18.2 Å². The number of hydrogen-bond donors (Lipinski definition) is 1. The molecule has 0 aliphatic heterocycles. The molecule has 0 aliphatic rings. The van der Waals surface area contributed by atoms with Gasteiger partial charge in [-0.05, 0) is 18.1 Å². The summed E-state index contributed by atoms with van der Waals surface area (Å²) in [4.78, 5) is 0. The summed E-state index contributed by atoms with van der Waals surface area (Å²) in [5, 5.41) is 10.1. The number of rotatable bonds is 2. The second-order valence-electron chi connectivity index (χ2n) is 2.70. The molecule has 3 heteroatoms. The smallest absolute Gasteiger partial charge is 0.114 e. The van der Waals surface area contributed by atoms with Gasteiger partial charge in [0.15, 0.2) is 0 Å². The van der Waals surface area contributed by atoms with Crippen molar-refractivity contribution in [1.29, 1.82) is 0 Å². The van der Waals surface area contributed by atoms with E-state index in [-0.39, 0.29) is 0 Å². The summed E-state index contributed by atoms with van der Waals surface area (Å²) in [6.07, 6.45) is 0.175. The van der Waals surface area contributed by atoms with Gasteiger partial charge in [0, 0.05) is 5.02 Å². The fraction of sp³-hybridized carbons (Fsp3) is 0.333. The van der Waals surface area contributed by atoms with E-state index in [1.165, 1.54) is 0 Å². The minimum Gasteiger partial charge on any atom is -0.388 e. The van der Waals surface area contributed by atoms with E-state index in [1.807, 2.05) is 6.92 Å². The highest BCUT2D eigenvalue weighted by Gasteiger charge is 2.06.